The second-order valence-corrected chi connectivity index (χ2v) is 4.38. The molecule has 2 heteroatoms. The number of nitrogens with one attached hydrogen (secondary N) is 1. The first-order valence-electron chi connectivity index (χ1n) is 5.06. The third-order valence-corrected chi connectivity index (χ3v) is 2.59. The van der Waals surface area contributed by atoms with Crippen molar-refractivity contribution in [2.24, 2.45) is 5.92 Å². The topological polar surface area (TPSA) is 15.3 Å². The molecule has 0 atom stereocenters. The van der Waals surface area contributed by atoms with Crippen molar-refractivity contribution in [3.05, 3.63) is 0 Å². The van der Waals surface area contributed by atoms with Crippen LogP contribution in [0.2, 0.25) is 0 Å². The normalized spacial score (nSPS) is 29.0. The minimum Gasteiger partial charge on any atom is -0.314 e. The van der Waals surface area contributed by atoms with Gasteiger partial charge in [-0.15, -0.1) is 0 Å². The summed E-state index contributed by atoms with van der Waals surface area (Å²) in [7, 11) is 4.26. The van der Waals surface area contributed by atoms with Crippen molar-refractivity contribution in [3.63, 3.8) is 0 Å². The van der Waals surface area contributed by atoms with Gasteiger partial charge in [0.05, 0.1) is 0 Å². The highest BCUT2D eigenvalue weighted by Crippen LogP contribution is 2.25. The number of nitrogens with zero attached hydrogens (tertiary/aromatic N) is 1. The molecule has 2 nitrogen and oxygen atoms in total. The molecule has 0 aliphatic heterocycles. The zero-order valence-corrected chi connectivity index (χ0v) is 8.64. The highest BCUT2D eigenvalue weighted by molar-refractivity contribution is 4.81. The van der Waals surface area contributed by atoms with E-state index >= 15 is 0 Å². The van der Waals surface area contributed by atoms with E-state index in [1.54, 1.807) is 0 Å². The first-order valence-corrected chi connectivity index (χ1v) is 5.06. The molecule has 0 amide bonds. The first-order chi connectivity index (χ1) is 5.68. The zero-order chi connectivity index (χ0) is 8.97. The van der Waals surface area contributed by atoms with Crippen molar-refractivity contribution in [1.29, 1.82) is 0 Å². The smallest absolute Gasteiger partial charge is 0.00721 e. The van der Waals surface area contributed by atoms with Gasteiger partial charge in [-0.3, -0.25) is 0 Å². The van der Waals surface area contributed by atoms with Gasteiger partial charge in [-0.25, -0.2) is 0 Å². The first kappa shape index (κ1) is 10.0. The van der Waals surface area contributed by atoms with E-state index < -0.39 is 0 Å². The molecule has 1 aliphatic carbocycles. The Labute approximate surface area is 76.3 Å². The summed E-state index contributed by atoms with van der Waals surface area (Å²) in [5.74, 6) is 0.969. The second kappa shape index (κ2) is 4.83. The lowest BCUT2D eigenvalue weighted by atomic mass is 9.82. The van der Waals surface area contributed by atoms with Crippen LogP contribution in [0.5, 0.6) is 0 Å². The van der Waals surface area contributed by atoms with Gasteiger partial charge in [0.1, 0.15) is 0 Å². The highest BCUT2D eigenvalue weighted by atomic mass is 15.1. The Bertz CT molecular complexity index is 117. The molecule has 0 aromatic rings. The molecule has 1 N–H and O–H groups in total. The SMILES string of the molecule is CC1CC(NCCCN(C)C)C1. The summed E-state index contributed by atoms with van der Waals surface area (Å²) in [5.41, 5.74) is 0. The quantitative estimate of drug-likeness (QED) is 0.626. The monoisotopic (exact) mass is 170 g/mol. The average Bonchev–Trinajstić information content (AvgIpc) is 1.93. The molecular formula is C10H22N2. The Morgan fingerprint density at radius 3 is 2.50 bits per heavy atom. The summed E-state index contributed by atoms with van der Waals surface area (Å²) in [6, 6.07) is 0.835. The van der Waals surface area contributed by atoms with Crippen LogP contribution in [0.1, 0.15) is 26.2 Å². The molecule has 1 aliphatic rings. The molecule has 1 rings (SSSR count). The van der Waals surface area contributed by atoms with Crippen molar-refractivity contribution in [2.45, 2.75) is 32.2 Å². The Hall–Kier alpha value is -0.0800. The third kappa shape index (κ3) is 3.55. The van der Waals surface area contributed by atoms with Crippen molar-refractivity contribution in [2.75, 3.05) is 27.2 Å². The number of hydrogen-bond donors (Lipinski definition) is 1. The number of rotatable bonds is 5. The van der Waals surface area contributed by atoms with Gasteiger partial charge in [-0.05, 0) is 52.4 Å². The molecule has 0 radical (unpaired) electrons. The summed E-state index contributed by atoms with van der Waals surface area (Å²) in [6.45, 7) is 4.73. The fraction of sp³-hybridized carbons (Fsp3) is 1.00. The van der Waals surface area contributed by atoms with Crippen LogP contribution in [0, 0.1) is 5.92 Å². The maximum absolute atomic E-state index is 3.58. The third-order valence-electron chi connectivity index (χ3n) is 2.59. The summed E-state index contributed by atoms with van der Waals surface area (Å²) in [5, 5.41) is 3.58. The standard InChI is InChI=1S/C10H22N2/c1-9-7-10(8-9)11-5-4-6-12(2)3/h9-11H,4-8H2,1-3H3. The second-order valence-electron chi connectivity index (χ2n) is 4.38. The summed E-state index contributed by atoms with van der Waals surface area (Å²) in [4.78, 5) is 2.24. The van der Waals surface area contributed by atoms with Crippen LogP contribution in [0.25, 0.3) is 0 Å². The molecule has 0 bridgehead atoms. The maximum atomic E-state index is 3.58. The molecular weight excluding hydrogens is 148 g/mol. The van der Waals surface area contributed by atoms with E-state index in [0.29, 0.717) is 0 Å². The number of hydrogen-bond acceptors (Lipinski definition) is 2. The molecule has 0 aromatic heterocycles. The molecule has 0 saturated heterocycles. The molecule has 0 spiro atoms. The Morgan fingerprint density at radius 1 is 1.33 bits per heavy atom. The van der Waals surface area contributed by atoms with Crippen molar-refractivity contribution < 1.29 is 0 Å². The van der Waals surface area contributed by atoms with E-state index in [1.807, 2.05) is 0 Å². The minimum absolute atomic E-state index is 0.835. The highest BCUT2D eigenvalue weighted by Gasteiger charge is 2.23. The van der Waals surface area contributed by atoms with Crippen LogP contribution >= 0.6 is 0 Å². The van der Waals surface area contributed by atoms with Gasteiger partial charge < -0.3 is 10.2 Å². The minimum atomic E-state index is 0.835. The van der Waals surface area contributed by atoms with Gasteiger partial charge in [0, 0.05) is 6.04 Å². The molecule has 0 unspecified atom stereocenters. The van der Waals surface area contributed by atoms with Gasteiger partial charge in [-0.2, -0.15) is 0 Å². The summed E-state index contributed by atoms with van der Waals surface area (Å²) < 4.78 is 0. The van der Waals surface area contributed by atoms with Gasteiger partial charge in [0.15, 0.2) is 0 Å². The lowest BCUT2D eigenvalue weighted by Crippen LogP contribution is -2.40. The van der Waals surface area contributed by atoms with E-state index in [4.69, 9.17) is 0 Å². The van der Waals surface area contributed by atoms with E-state index in [1.165, 1.54) is 32.4 Å². The molecule has 0 heterocycles. The van der Waals surface area contributed by atoms with E-state index in [-0.39, 0.29) is 0 Å². The summed E-state index contributed by atoms with van der Waals surface area (Å²) in [6.07, 6.45) is 4.06. The fourth-order valence-electron chi connectivity index (χ4n) is 1.77. The van der Waals surface area contributed by atoms with E-state index in [9.17, 15) is 0 Å². The van der Waals surface area contributed by atoms with E-state index in [2.05, 4.69) is 31.2 Å². The lowest BCUT2D eigenvalue weighted by Gasteiger charge is -2.33. The fourth-order valence-corrected chi connectivity index (χ4v) is 1.77. The molecule has 1 fully saturated rings. The maximum Gasteiger partial charge on any atom is 0.00721 e. The average molecular weight is 170 g/mol. The molecule has 1 saturated carbocycles. The zero-order valence-electron chi connectivity index (χ0n) is 8.64. The van der Waals surface area contributed by atoms with E-state index in [0.717, 1.165) is 12.0 Å². The van der Waals surface area contributed by atoms with Crippen molar-refractivity contribution in [1.82, 2.24) is 10.2 Å². The van der Waals surface area contributed by atoms with Gasteiger partial charge in [-0.1, -0.05) is 6.92 Å². The van der Waals surface area contributed by atoms with Crippen LogP contribution in [0.3, 0.4) is 0 Å². The Kier molecular flexibility index (Phi) is 4.02. The van der Waals surface area contributed by atoms with Crippen LogP contribution in [-0.2, 0) is 0 Å². The Balaban J connectivity index is 1.83. The van der Waals surface area contributed by atoms with Crippen molar-refractivity contribution >= 4 is 0 Å². The molecule has 72 valence electrons. The lowest BCUT2D eigenvalue weighted by molar-refractivity contribution is 0.238. The summed E-state index contributed by atoms with van der Waals surface area (Å²) >= 11 is 0. The van der Waals surface area contributed by atoms with Crippen LogP contribution in [0.4, 0.5) is 0 Å². The molecule has 12 heavy (non-hydrogen) atoms. The predicted octanol–water partition coefficient (Wildman–Crippen LogP) is 1.33. The van der Waals surface area contributed by atoms with Crippen LogP contribution in [-0.4, -0.2) is 38.1 Å². The van der Waals surface area contributed by atoms with Gasteiger partial charge in [0.25, 0.3) is 0 Å². The van der Waals surface area contributed by atoms with Crippen molar-refractivity contribution in [3.8, 4) is 0 Å². The Morgan fingerprint density at radius 2 is 2.00 bits per heavy atom. The van der Waals surface area contributed by atoms with Gasteiger partial charge in [0.2, 0.25) is 0 Å². The van der Waals surface area contributed by atoms with Gasteiger partial charge >= 0.3 is 0 Å². The largest absolute Gasteiger partial charge is 0.314 e. The van der Waals surface area contributed by atoms with Crippen LogP contribution in [0.15, 0.2) is 0 Å². The molecule has 0 aromatic carbocycles. The predicted molar refractivity (Wildman–Crippen MR) is 53.4 cm³/mol. The van der Waals surface area contributed by atoms with Crippen LogP contribution < -0.4 is 5.32 Å².